The Labute approximate surface area is 463 Å². The van der Waals surface area contributed by atoms with Gasteiger partial charge < -0.3 is 24.2 Å². The number of allylic oxidation sites excluding steroid dienone is 18. The Morgan fingerprint density at radius 3 is 1.11 bits per heavy atom. The van der Waals surface area contributed by atoms with Crippen molar-refractivity contribution in [2.45, 2.75) is 251 Å². The summed E-state index contributed by atoms with van der Waals surface area (Å²) in [6.07, 6.45) is 69.0. The molecule has 0 radical (unpaired) electrons. The molecule has 0 aromatic carbocycles. The number of hydrogen-bond donors (Lipinski definition) is 2. The van der Waals surface area contributed by atoms with Crippen LogP contribution in [0.3, 0.4) is 0 Å². The third-order valence-corrected chi connectivity index (χ3v) is 13.1. The second-order valence-electron chi connectivity index (χ2n) is 19.4. The predicted octanol–water partition coefficient (Wildman–Crippen LogP) is 17.8. The van der Waals surface area contributed by atoms with E-state index < -0.39 is 57.8 Å². The van der Waals surface area contributed by atoms with Gasteiger partial charge in [-0.1, -0.05) is 207 Å². The maximum absolute atomic E-state index is 12.9. The highest BCUT2D eigenvalue weighted by atomic mass is 31.2. The van der Waals surface area contributed by atoms with Crippen LogP contribution in [0.1, 0.15) is 239 Å². The molecule has 0 saturated heterocycles. The number of unbranched alkanes of at least 4 members (excludes halogenated alkanes) is 19. The first-order chi connectivity index (χ1) is 37.2. The Morgan fingerprint density at radius 2 is 0.697 bits per heavy atom. The molecule has 11 nitrogen and oxygen atoms in total. The fourth-order valence-electron chi connectivity index (χ4n) is 7.63. The van der Waals surface area contributed by atoms with Gasteiger partial charge in [-0.15, -0.1) is 0 Å². The quantitative estimate of drug-likeness (QED) is 0.0197. The Hall–Kier alpha value is -3.86. The summed E-state index contributed by atoms with van der Waals surface area (Å²) in [5, 5.41) is 9.83. The molecule has 3 atom stereocenters. The SMILES string of the molecule is CC/C=C\C/C=C\C/C=C\C/C=C\C/C=C\CCCC(=O)OC(COC(=O)CCCCCCC/C=C\C/C=C\CCCCC)COP(=O)(O)OCC(CO)OC(=O)CCCCCCCCC/C=C\C/C=C\CCCCC. The molecule has 0 aromatic heterocycles. The number of hydrogen-bond acceptors (Lipinski definition) is 10. The first kappa shape index (κ1) is 72.1. The van der Waals surface area contributed by atoms with Crippen molar-refractivity contribution in [2.24, 2.45) is 0 Å². The Balaban J connectivity index is 4.82. The van der Waals surface area contributed by atoms with E-state index in [1.54, 1.807) is 0 Å². The van der Waals surface area contributed by atoms with Gasteiger partial charge in [0, 0.05) is 19.3 Å². The van der Waals surface area contributed by atoms with Crippen LogP contribution in [0.15, 0.2) is 109 Å². The van der Waals surface area contributed by atoms with Crippen molar-refractivity contribution in [1.29, 1.82) is 0 Å². The molecule has 12 heteroatoms. The van der Waals surface area contributed by atoms with Gasteiger partial charge in [-0.2, -0.15) is 0 Å². The number of rotatable bonds is 54. The minimum atomic E-state index is -4.78. The number of phosphoric ester groups is 1. The zero-order valence-electron chi connectivity index (χ0n) is 47.9. The average Bonchev–Trinajstić information content (AvgIpc) is 3.41. The molecule has 0 fully saturated rings. The Morgan fingerprint density at radius 1 is 0.382 bits per heavy atom. The van der Waals surface area contributed by atoms with Crippen LogP contribution >= 0.6 is 7.82 Å². The molecule has 3 unspecified atom stereocenters. The molecule has 434 valence electrons. The minimum absolute atomic E-state index is 0.0808. The zero-order valence-corrected chi connectivity index (χ0v) is 48.8. The summed E-state index contributed by atoms with van der Waals surface area (Å²) in [5.41, 5.74) is 0. The van der Waals surface area contributed by atoms with Crippen molar-refractivity contribution >= 4 is 25.7 Å². The highest BCUT2D eigenvalue weighted by Gasteiger charge is 2.28. The van der Waals surface area contributed by atoms with Crippen molar-refractivity contribution < 1.29 is 52.2 Å². The van der Waals surface area contributed by atoms with E-state index in [9.17, 15) is 28.9 Å². The third-order valence-electron chi connectivity index (χ3n) is 12.1. The molecule has 0 amide bonds. The largest absolute Gasteiger partial charge is 0.472 e. The standard InChI is InChI=1S/C64H107O11P/c1-4-7-10-13-16-19-22-25-28-30-33-36-39-42-45-48-51-54-63(67)74-60(56-65)58-72-76(69,70)73-59-61(57-71-62(66)53-50-47-44-41-38-35-32-27-24-21-18-15-12-9-6-3)75-64(68)55-52-49-46-43-40-37-34-31-29-26-23-20-17-14-11-8-5-2/h8,11,16-21,25-29,32,34,37,43,46,60-61,65H,4-7,9-10,12-15,22-24,30-31,33,35-36,38-42,44-45,47-59H2,1-3H3,(H,69,70)/b11-8-,19-16-,20-17-,21-18-,28-25-,29-26-,32-27-,37-34-,46-43-. The second-order valence-corrected chi connectivity index (χ2v) is 20.9. The lowest BCUT2D eigenvalue weighted by Gasteiger charge is -2.21. The van der Waals surface area contributed by atoms with Gasteiger partial charge in [0.05, 0.1) is 19.8 Å². The monoisotopic (exact) mass is 1080 g/mol. The zero-order chi connectivity index (χ0) is 55.5. The molecule has 0 spiro atoms. The summed E-state index contributed by atoms with van der Waals surface area (Å²) in [6.45, 7) is 4.39. The van der Waals surface area contributed by atoms with Gasteiger partial charge in [0.2, 0.25) is 0 Å². The van der Waals surface area contributed by atoms with Crippen molar-refractivity contribution in [3.8, 4) is 0 Å². The molecular formula is C64H107O11P. The lowest BCUT2D eigenvalue weighted by Crippen LogP contribution is -2.30. The van der Waals surface area contributed by atoms with E-state index >= 15 is 0 Å². The molecule has 0 aromatic rings. The van der Waals surface area contributed by atoms with Gasteiger partial charge in [0.1, 0.15) is 12.7 Å². The van der Waals surface area contributed by atoms with Gasteiger partial charge in [-0.3, -0.25) is 23.4 Å². The normalized spacial score (nSPS) is 14.1. The molecule has 0 bridgehead atoms. The van der Waals surface area contributed by atoms with Crippen LogP contribution in [0, 0.1) is 0 Å². The van der Waals surface area contributed by atoms with Crippen molar-refractivity contribution in [3.05, 3.63) is 109 Å². The number of aliphatic hydroxyl groups excluding tert-OH is 1. The van der Waals surface area contributed by atoms with E-state index in [1.165, 1.54) is 57.8 Å². The van der Waals surface area contributed by atoms with Crippen LogP contribution in [0.5, 0.6) is 0 Å². The number of carbonyl (C=O) groups is 3. The summed E-state index contributed by atoms with van der Waals surface area (Å²) in [5.74, 6) is -1.57. The van der Waals surface area contributed by atoms with Crippen LogP contribution in [-0.4, -0.2) is 66.5 Å². The van der Waals surface area contributed by atoms with Crippen LogP contribution in [-0.2, 0) is 42.2 Å². The van der Waals surface area contributed by atoms with Crippen LogP contribution < -0.4 is 0 Å². The summed E-state index contributed by atoms with van der Waals surface area (Å²) >= 11 is 0. The number of esters is 3. The molecule has 0 rings (SSSR count). The topological polar surface area (TPSA) is 155 Å². The highest BCUT2D eigenvalue weighted by molar-refractivity contribution is 7.47. The van der Waals surface area contributed by atoms with E-state index in [1.807, 2.05) is 12.2 Å². The molecule has 2 N–H and O–H groups in total. The third kappa shape index (κ3) is 54.9. The number of carbonyl (C=O) groups excluding carboxylic acids is 3. The molecule has 76 heavy (non-hydrogen) atoms. The fourth-order valence-corrected chi connectivity index (χ4v) is 8.41. The predicted molar refractivity (Wildman–Crippen MR) is 316 cm³/mol. The van der Waals surface area contributed by atoms with E-state index in [2.05, 4.69) is 118 Å². The van der Waals surface area contributed by atoms with E-state index in [0.29, 0.717) is 25.7 Å². The summed E-state index contributed by atoms with van der Waals surface area (Å²) in [4.78, 5) is 48.6. The first-order valence-corrected chi connectivity index (χ1v) is 31.3. The summed E-state index contributed by atoms with van der Waals surface area (Å²) in [7, 11) is -4.78. The van der Waals surface area contributed by atoms with E-state index in [0.717, 1.165) is 116 Å². The number of ether oxygens (including phenoxy) is 3. The lowest BCUT2D eigenvalue weighted by atomic mass is 10.1. The van der Waals surface area contributed by atoms with E-state index in [4.69, 9.17) is 23.3 Å². The van der Waals surface area contributed by atoms with Gasteiger partial charge >= 0.3 is 25.7 Å². The maximum Gasteiger partial charge on any atom is 0.472 e. The molecule has 0 heterocycles. The second kappa shape index (κ2) is 57.3. The molecule has 0 aliphatic carbocycles. The fraction of sp³-hybridized carbons (Fsp3) is 0.672. The van der Waals surface area contributed by atoms with Gasteiger partial charge in [0.25, 0.3) is 0 Å². The number of phosphoric acid groups is 1. The lowest BCUT2D eigenvalue weighted by molar-refractivity contribution is -0.161. The molecule has 0 aliphatic heterocycles. The molecule has 0 aliphatic rings. The van der Waals surface area contributed by atoms with Gasteiger partial charge in [-0.05, 0) is 122 Å². The summed E-state index contributed by atoms with van der Waals surface area (Å²) in [6, 6.07) is 0. The van der Waals surface area contributed by atoms with Crippen molar-refractivity contribution in [3.63, 3.8) is 0 Å². The highest BCUT2D eigenvalue weighted by Crippen LogP contribution is 2.43. The smallest absolute Gasteiger partial charge is 0.462 e. The summed E-state index contributed by atoms with van der Waals surface area (Å²) < 4.78 is 39.5. The van der Waals surface area contributed by atoms with Crippen molar-refractivity contribution in [2.75, 3.05) is 26.4 Å². The Bertz CT molecular complexity index is 1690. The van der Waals surface area contributed by atoms with Gasteiger partial charge in [-0.25, -0.2) is 4.57 Å². The van der Waals surface area contributed by atoms with Crippen molar-refractivity contribution in [1.82, 2.24) is 0 Å². The van der Waals surface area contributed by atoms with Crippen LogP contribution in [0.4, 0.5) is 0 Å². The molecular weight excluding hydrogens is 976 g/mol. The minimum Gasteiger partial charge on any atom is -0.462 e. The van der Waals surface area contributed by atoms with Crippen LogP contribution in [0.2, 0.25) is 0 Å². The Kier molecular flexibility index (Phi) is 54.4. The van der Waals surface area contributed by atoms with Crippen LogP contribution in [0.25, 0.3) is 0 Å². The van der Waals surface area contributed by atoms with E-state index in [-0.39, 0.29) is 25.9 Å². The number of aliphatic hydroxyl groups is 1. The molecule has 0 saturated carbocycles. The average molecular weight is 1080 g/mol. The maximum atomic E-state index is 12.9. The van der Waals surface area contributed by atoms with Gasteiger partial charge in [0.15, 0.2) is 6.10 Å². The first-order valence-electron chi connectivity index (χ1n) is 29.8.